The average molecular weight is 476 g/mol. The molecule has 35 heavy (non-hydrogen) atoms. The molecule has 0 atom stereocenters. The second kappa shape index (κ2) is 7.72. The second-order valence-electron chi connectivity index (χ2n) is 10.8. The summed E-state index contributed by atoms with van der Waals surface area (Å²) in [5.41, 5.74) is 5.38. The lowest BCUT2D eigenvalue weighted by molar-refractivity contribution is 0.653. The number of rotatable bonds is 3. The molecule has 5 heteroatoms. The zero-order valence-corrected chi connectivity index (χ0v) is 22.1. The molecule has 0 spiro atoms. The highest BCUT2D eigenvalue weighted by Gasteiger charge is 2.24. The molecule has 0 aliphatic heterocycles. The molecule has 0 unspecified atom stereocenters. The van der Waals surface area contributed by atoms with Gasteiger partial charge < -0.3 is 4.42 Å². The van der Waals surface area contributed by atoms with Gasteiger partial charge in [0.2, 0.25) is 5.71 Å². The summed E-state index contributed by atoms with van der Waals surface area (Å²) in [6.45, 7) is 13.5. The van der Waals surface area contributed by atoms with Crippen molar-refractivity contribution in [2.75, 3.05) is 0 Å². The van der Waals surface area contributed by atoms with E-state index < -0.39 is 8.07 Å². The third kappa shape index (κ3) is 3.45. The van der Waals surface area contributed by atoms with Gasteiger partial charge in [0.25, 0.3) is 0 Å². The molecule has 0 amide bonds. The molecule has 0 aliphatic rings. The van der Waals surface area contributed by atoms with E-state index in [4.69, 9.17) is 14.4 Å². The number of hydrogen-bond acceptors (Lipinski definition) is 4. The van der Waals surface area contributed by atoms with Crippen molar-refractivity contribution in [3.63, 3.8) is 0 Å². The number of aromatic nitrogens is 3. The Morgan fingerprint density at radius 1 is 0.771 bits per heavy atom. The predicted molar refractivity (Wildman–Crippen MR) is 149 cm³/mol. The van der Waals surface area contributed by atoms with Crippen molar-refractivity contribution in [1.82, 2.24) is 15.0 Å². The highest BCUT2D eigenvalue weighted by molar-refractivity contribution is 6.90. The molecule has 4 nitrogen and oxygen atoms in total. The summed E-state index contributed by atoms with van der Waals surface area (Å²) in [5.74, 6) is 1.05. The van der Waals surface area contributed by atoms with Gasteiger partial charge in [0.1, 0.15) is 11.4 Å². The molecule has 0 saturated carbocycles. The molecule has 0 radical (unpaired) electrons. The number of pyridine rings is 1. The molecular weight excluding hydrogens is 446 g/mol. The fourth-order valence-electron chi connectivity index (χ4n) is 5.03. The van der Waals surface area contributed by atoms with Gasteiger partial charge in [0, 0.05) is 38.7 Å². The summed E-state index contributed by atoms with van der Waals surface area (Å²) < 4.78 is 6.37. The van der Waals surface area contributed by atoms with Gasteiger partial charge in [-0.2, -0.15) is 0 Å². The van der Waals surface area contributed by atoms with E-state index in [1.165, 1.54) is 16.0 Å². The minimum Gasteiger partial charge on any atom is -0.437 e. The second-order valence-corrected chi connectivity index (χ2v) is 15.8. The summed E-state index contributed by atoms with van der Waals surface area (Å²) in [6.07, 6.45) is 0. The molecular formula is C30H29N3OSi. The Bertz CT molecular complexity index is 1780. The fraction of sp³-hybridized carbons (Fsp3) is 0.233. The summed E-state index contributed by atoms with van der Waals surface area (Å²) in [7, 11) is -1.61. The van der Waals surface area contributed by atoms with Gasteiger partial charge >= 0.3 is 0 Å². The van der Waals surface area contributed by atoms with Crippen molar-refractivity contribution < 1.29 is 4.42 Å². The molecule has 174 valence electrons. The highest BCUT2D eigenvalue weighted by Crippen LogP contribution is 2.38. The Morgan fingerprint density at radius 3 is 2.31 bits per heavy atom. The third-order valence-corrected chi connectivity index (χ3v) is 8.84. The monoisotopic (exact) mass is 475 g/mol. The van der Waals surface area contributed by atoms with Crippen LogP contribution >= 0.6 is 0 Å². The van der Waals surface area contributed by atoms with Crippen LogP contribution < -0.4 is 5.19 Å². The molecule has 0 fully saturated rings. The molecule has 3 heterocycles. The molecule has 0 N–H and O–H groups in total. The van der Waals surface area contributed by atoms with E-state index in [0.29, 0.717) is 5.71 Å². The first kappa shape index (κ1) is 21.9. The van der Waals surface area contributed by atoms with Crippen LogP contribution in [0, 0.1) is 6.92 Å². The van der Waals surface area contributed by atoms with Crippen molar-refractivity contribution in [2.24, 2.45) is 0 Å². The third-order valence-electron chi connectivity index (χ3n) is 6.81. The Labute approximate surface area is 206 Å². The number of furan rings is 1. The van der Waals surface area contributed by atoms with Crippen molar-refractivity contribution in [2.45, 2.75) is 46.3 Å². The number of aryl methyl sites for hydroxylation is 1. The summed E-state index contributed by atoms with van der Waals surface area (Å²) in [5, 5.41) is 7.08. The number of fused-ring (bicyclic) bond motifs is 6. The van der Waals surface area contributed by atoms with E-state index in [0.717, 1.165) is 50.0 Å². The minimum absolute atomic E-state index is 0.201. The first-order valence-corrected chi connectivity index (χ1v) is 15.8. The topological polar surface area (TPSA) is 51.8 Å². The van der Waals surface area contributed by atoms with Crippen LogP contribution in [0.4, 0.5) is 0 Å². The van der Waals surface area contributed by atoms with Crippen molar-refractivity contribution >= 4 is 57.0 Å². The molecule has 3 aromatic carbocycles. The quantitative estimate of drug-likeness (QED) is 0.194. The number of nitrogens with zero attached hydrogens (tertiary/aromatic N) is 3. The molecule has 0 aliphatic carbocycles. The largest absolute Gasteiger partial charge is 0.437 e. The lowest BCUT2D eigenvalue weighted by Gasteiger charge is -2.21. The summed E-state index contributed by atoms with van der Waals surface area (Å²) in [4.78, 5) is 14.9. The van der Waals surface area contributed by atoms with Crippen molar-refractivity contribution in [3.8, 4) is 11.3 Å². The van der Waals surface area contributed by atoms with Crippen LogP contribution in [0.25, 0.3) is 55.0 Å². The minimum atomic E-state index is -1.61. The van der Waals surface area contributed by atoms with E-state index >= 15 is 0 Å². The average Bonchev–Trinajstić information content (AvgIpc) is 3.19. The standard InChI is InChI=1S/C30H29N3OSi/c1-17(2)29-32-26(23-11-8-10-20-21-15-13-18(3)31-30(21)34-28(20)23)22-16-14-19-9-7-12-24(35(4,5)6)25(19)27(22)33-29/h7-17H,1-6H3. The summed E-state index contributed by atoms with van der Waals surface area (Å²) in [6, 6.07) is 21.5. The number of hydrogen-bond donors (Lipinski definition) is 0. The smallest absolute Gasteiger partial charge is 0.227 e. The maximum Gasteiger partial charge on any atom is 0.227 e. The number of para-hydroxylation sites is 1. The van der Waals surface area contributed by atoms with Crippen LogP contribution in [0.3, 0.4) is 0 Å². The van der Waals surface area contributed by atoms with Crippen molar-refractivity contribution in [3.05, 3.63) is 72.2 Å². The van der Waals surface area contributed by atoms with E-state index in [1.54, 1.807) is 0 Å². The van der Waals surface area contributed by atoms with Gasteiger partial charge in [0.15, 0.2) is 0 Å². The maximum atomic E-state index is 6.37. The lowest BCUT2D eigenvalue weighted by atomic mass is 9.99. The highest BCUT2D eigenvalue weighted by atomic mass is 28.3. The molecule has 0 bridgehead atoms. The Balaban J connectivity index is 1.77. The predicted octanol–water partition coefficient (Wildman–Crippen LogP) is 7.72. The first-order valence-electron chi connectivity index (χ1n) is 12.3. The fourth-order valence-corrected chi connectivity index (χ4v) is 6.64. The van der Waals surface area contributed by atoms with Crippen LogP contribution in [0.1, 0.15) is 31.3 Å². The summed E-state index contributed by atoms with van der Waals surface area (Å²) >= 11 is 0. The first-order chi connectivity index (χ1) is 16.7. The normalized spacial score (nSPS) is 12.5. The SMILES string of the molecule is Cc1ccc2c(n1)oc1c(-c3nc(C(C)C)nc4c3ccc3cccc([Si](C)(C)C)c34)cccc12. The van der Waals surface area contributed by atoms with Gasteiger partial charge in [-0.15, -0.1) is 0 Å². The van der Waals surface area contributed by atoms with Crippen LogP contribution in [0.5, 0.6) is 0 Å². The molecule has 0 saturated heterocycles. The van der Waals surface area contributed by atoms with Gasteiger partial charge in [-0.3, -0.25) is 0 Å². The van der Waals surface area contributed by atoms with Crippen molar-refractivity contribution in [1.29, 1.82) is 0 Å². The Kier molecular flexibility index (Phi) is 4.84. The Hall–Kier alpha value is -3.57. The van der Waals surface area contributed by atoms with Gasteiger partial charge in [-0.1, -0.05) is 75.1 Å². The van der Waals surface area contributed by atoms with Gasteiger partial charge in [-0.25, -0.2) is 15.0 Å². The lowest BCUT2D eigenvalue weighted by Crippen LogP contribution is -2.38. The van der Waals surface area contributed by atoms with E-state index in [-0.39, 0.29) is 5.92 Å². The molecule has 3 aromatic heterocycles. The van der Waals surface area contributed by atoms with Crippen LogP contribution in [-0.4, -0.2) is 23.0 Å². The zero-order chi connectivity index (χ0) is 24.5. The maximum absolute atomic E-state index is 6.37. The zero-order valence-electron chi connectivity index (χ0n) is 21.1. The van der Waals surface area contributed by atoms with Gasteiger partial charge in [-0.05, 0) is 36.6 Å². The Morgan fingerprint density at radius 2 is 1.54 bits per heavy atom. The van der Waals surface area contributed by atoms with Crippen LogP contribution in [-0.2, 0) is 0 Å². The molecule has 6 rings (SSSR count). The van der Waals surface area contributed by atoms with Crippen LogP contribution in [0.2, 0.25) is 19.6 Å². The van der Waals surface area contributed by atoms with E-state index in [9.17, 15) is 0 Å². The van der Waals surface area contributed by atoms with Gasteiger partial charge in [0.05, 0.1) is 19.3 Å². The van der Waals surface area contributed by atoms with E-state index in [2.05, 4.69) is 93.1 Å². The number of benzene rings is 3. The van der Waals surface area contributed by atoms with E-state index in [1.807, 2.05) is 13.0 Å². The van der Waals surface area contributed by atoms with Crippen LogP contribution in [0.15, 0.2) is 65.1 Å². The molecule has 6 aromatic rings.